The molecule has 0 radical (unpaired) electrons. The first-order valence-corrected chi connectivity index (χ1v) is 15.3. The number of hydrogen-bond donors (Lipinski definition) is 3. The fourth-order valence-electron chi connectivity index (χ4n) is 5.36. The van der Waals surface area contributed by atoms with Gasteiger partial charge in [0.1, 0.15) is 10.7 Å². The minimum absolute atomic E-state index is 0.0854. The lowest BCUT2D eigenvalue weighted by molar-refractivity contribution is -0.117. The molecule has 1 saturated heterocycles. The van der Waals surface area contributed by atoms with E-state index in [1.165, 1.54) is 10.5 Å². The molecule has 1 fully saturated rings. The molecule has 0 spiro atoms. The van der Waals surface area contributed by atoms with Crippen LogP contribution < -0.4 is 16.0 Å². The predicted molar refractivity (Wildman–Crippen MR) is 157 cm³/mol. The van der Waals surface area contributed by atoms with Crippen molar-refractivity contribution in [1.82, 2.24) is 24.4 Å². The van der Waals surface area contributed by atoms with Crippen LogP contribution in [0, 0.1) is 19.8 Å². The smallest absolute Gasteiger partial charge is 0.248 e. The zero-order valence-electron chi connectivity index (χ0n) is 23.4. The molecule has 0 atom stereocenters. The summed E-state index contributed by atoms with van der Waals surface area (Å²) in [5.74, 6) is 1.44. The van der Waals surface area contributed by atoms with Crippen LogP contribution in [0.3, 0.4) is 0 Å². The molecule has 3 N–H and O–H groups in total. The molecule has 218 valence electrons. The number of aromatic nitrogens is 4. The molecule has 1 amide bonds. The lowest BCUT2D eigenvalue weighted by atomic mass is 9.94. The maximum atomic E-state index is 13.2. The van der Waals surface area contributed by atoms with Gasteiger partial charge in [0.15, 0.2) is 5.76 Å². The number of benzene rings is 1. The number of nitrogens with zero attached hydrogens (tertiary/aromatic N) is 5. The minimum Gasteiger partial charge on any atom is -0.360 e. The van der Waals surface area contributed by atoms with Crippen molar-refractivity contribution >= 4 is 44.8 Å². The highest BCUT2D eigenvalue weighted by molar-refractivity contribution is 7.89. The Labute approximate surface area is 244 Å². The van der Waals surface area contributed by atoms with Gasteiger partial charge in [0, 0.05) is 48.8 Å². The number of anilines is 5. The Bertz CT molecular complexity index is 1730. The second-order valence-electron chi connectivity index (χ2n) is 10.8. The van der Waals surface area contributed by atoms with Gasteiger partial charge in [0.05, 0.1) is 18.1 Å². The van der Waals surface area contributed by atoms with E-state index in [9.17, 15) is 13.2 Å². The fraction of sp³-hybridized carbons (Fsp3) is 0.345. The third-order valence-electron chi connectivity index (χ3n) is 7.72. The molecule has 3 aromatic heterocycles. The molecule has 6 rings (SSSR count). The summed E-state index contributed by atoms with van der Waals surface area (Å²) in [7, 11) is -3.66. The molecule has 13 heteroatoms. The number of piperidine rings is 1. The molecule has 2 aliphatic heterocycles. The summed E-state index contributed by atoms with van der Waals surface area (Å²) in [6.07, 6.45) is 9.52. The van der Waals surface area contributed by atoms with E-state index in [1.807, 2.05) is 37.4 Å². The second kappa shape index (κ2) is 11.5. The molecule has 0 aliphatic carbocycles. The van der Waals surface area contributed by atoms with Crippen LogP contribution in [0.2, 0.25) is 0 Å². The third kappa shape index (κ3) is 5.97. The van der Waals surface area contributed by atoms with Gasteiger partial charge >= 0.3 is 0 Å². The quantitative estimate of drug-likeness (QED) is 0.304. The first-order chi connectivity index (χ1) is 20.2. The number of sulfonamides is 1. The number of amides is 1. The maximum absolute atomic E-state index is 13.2. The third-order valence-corrected chi connectivity index (χ3v) is 9.71. The Kier molecular flexibility index (Phi) is 7.60. The Morgan fingerprint density at radius 3 is 2.67 bits per heavy atom. The zero-order chi connectivity index (χ0) is 29.3. The molecule has 0 unspecified atom stereocenters. The number of nitrogens with one attached hydrogen (secondary N) is 3. The van der Waals surface area contributed by atoms with Gasteiger partial charge in [-0.1, -0.05) is 5.16 Å². The Balaban J connectivity index is 1.15. The average Bonchev–Trinajstić information content (AvgIpc) is 3.42. The van der Waals surface area contributed by atoms with Gasteiger partial charge in [0.2, 0.25) is 21.9 Å². The van der Waals surface area contributed by atoms with Crippen molar-refractivity contribution in [1.29, 1.82) is 0 Å². The number of carbonyl (C=O) groups excluding carboxylic acids is 1. The molecule has 2 aliphatic rings. The van der Waals surface area contributed by atoms with E-state index in [0.29, 0.717) is 50.5 Å². The number of aryl methyl sites for hydroxylation is 4. The molecule has 5 heterocycles. The predicted octanol–water partition coefficient (Wildman–Crippen LogP) is 4.49. The fourth-order valence-corrected chi connectivity index (χ4v) is 6.91. The van der Waals surface area contributed by atoms with Gasteiger partial charge in [-0.2, -0.15) is 9.29 Å². The standard InChI is InChI=1S/C29H32N8O4S/c1-18-14-31-29-34-24-11-21(15-30-16-24)3-4-22-13-23(33-28(18)36-29)5-6-25(22)35-27(38)12-20-7-9-37(10-8-20)42(39,40)26-17-32-41-19(26)2/h5-6,11,13-17,20H,3-4,7-10,12H2,1-2H3,(H,35,38)(H2,31,33,34,36). The highest BCUT2D eigenvalue weighted by Gasteiger charge is 2.32. The Morgan fingerprint density at radius 1 is 1.05 bits per heavy atom. The maximum Gasteiger partial charge on any atom is 0.248 e. The van der Waals surface area contributed by atoms with Crippen LogP contribution >= 0.6 is 0 Å². The van der Waals surface area contributed by atoms with E-state index in [2.05, 4.69) is 36.1 Å². The van der Waals surface area contributed by atoms with Crippen LogP contribution in [0.25, 0.3) is 0 Å². The van der Waals surface area contributed by atoms with E-state index >= 15 is 0 Å². The summed E-state index contributed by atoms with van der Waals surface area (Å²) in [5, 5.41) is 13.3. The molecule has 4 aromatic rings. The van der Waals surface area contributed by atoms with E-state index in [4.69, 9.17) is 4.52 Å². The number of rotatable bonds is 5. The van der Waals surface area contributed by atoms with Crippen LogP contribution in [0.15, 0.2) is 58.5 Å². The molecule has 42 heavy (non-hydrogen) atoms. The van der Waals surface area contributed by atoms with E-state index in [0.717, 1.165) is 40.2 Å². The normalized spacial score (nSPS) is 15.9. The van der Waals surface area contributed by atoms with Crippen molar-refractivity contribution in [3.05, 3.63) is 71.5 Å². The zero-order valence-corrected chi connectivity index (χ0v) is 24.2. The van der Waals surface area contributed by atoms with Gasteiger partial charge < -0.3 is 20.5 Å². The summed E-state index contributed by atoms with van der Waals surface area (Å²) in [6.45, 7) is 4.23. The lowest BCUT2D eigenvalue weighted by Crippen LogP contribution is -2.39. The van der Waals surface area contributed by atoms with Crippen molar-refractivity contribution in [3.63, 3.8) is 0 Å². The van der Waals surface area contributed by atoms with Crippen LogP contribution in [0.1, 0.15) is 41.7 Å². The van der Waals surface area contributed by atoms with Crippen LogP contribution in [-0.4, -0.2) is 51.8 Å². The Hall–Kier alpha value is -4.36. The lowest BCUT2D eigenvalue weighted by Gasteiger charge is -2.30. The molecule has 0 saturated carbocycles. The monoisotopic (exact) mass is 588 g/mol. The average molecular weight is 589 g/mol. The summed E-state index contributed by atoms with van der Waals surface area (Å²) in [5.41, 5.74) is 5.35. The summed E-state index contributed by atoms with van der Waals surface area (Å²) >= 11 is 0. The van der Waals surface area contributed by atoms with E-state index in [-0.39, 0.29) is 22.5 Å². The van der Waals surface area contributed by atoms with Gasteiger partial charge in [0.25, 0.3) is 0 Å². The van der Waals surface area contributed by atoms with Crippen molar-refractivity contribution in [3.8, 4) is 0 Å². The number of fused-ring (bicyclic) bond motifs is 6. The summed E-state index contributed by atoms with van der Waals surface area (Å²) in [4.78, 5) is 26.7. The first kappa shape index (κ1) is 27.8. The molecule has 12 nitrogen and oxygen atoms in total. The van der Waals surface area contributed by atoms with Gasteiger partial charge in [-0.15, -0.1) is 0 Å². The first-order valence-electron chi connectivity index (χ1n) is 13.9. The van der Waals surface area contributed by atoms with E-state index in [1.54, 1.807) is 19.3 Å². The van der Waals surface area contributed by atoms with Crippen molar-refractivity contribution in [2.45, 2.75) is 50.8 Å². The van der Waals surface area contributed by atoms with Crippen molar-refractivity contribution in [2.24, 2.45) is 5.92 Å². The summed E-state index contributed by atoms with van der Waals surface area (Å²) in [6, 6.07) is 7.90. The highest BCUT2D eigenvalue weighted by atomic mass is 32.2. The topological polar surface area (TPSA) is 155 Å². The molecular weight excluding hydrogens is 556 g/mol. The molecule has 1 aromatic carbocycles. The SMILES string of the molecule is Cc1cnc2nc1Nc1ccc(NC(=O)CC3CCN(S(=O)(=O)c4cnoc4C)CC3)c(c1)CCc1cncc(c1)N2. The number of carbonyl (C=O) groups is 1. The molecule has 6 bridgehead atoms. The molecular formula is C29H32N8O4S. The van der Waals surface area contributed by atoms with Gasteiger partial charge in [-0.25, -0.2) is 13.4 Å². The highest BCUT2D eigenvalue weighted by Crippen LogP contribution is 2.30. The number of pyridine rings is 1. The summed E-state index contributed by atoms with van der Waals surface area (Å²) < 4.78 is 32.3. The van der Waals surface area contributed by atoms with Crippen LogP contribution in [0.5, 0.6) is 0 Å². The van der Waals surface area contributed by atoms with Crippen LogP contribution in [0.4, 0.5) is 28.8 Å². The van der Waals surface area contributed by atoms with Crippen molar-refractivity contribution < 1.29 is 17.7 Å². The largest absolute Gasteiger partial charge is 0.360 e. The van der Waals surface area contributed by atoms with Crippen molar-refractivity contribution in [2.75, 3.05) is 29.0 Å². The minimum atomic E-state index is -3.66. The Morgan fingerprint density at radius 2 is 1.88 bits per heavy atom. The van der Waals surface area contributed by atoms with Crippen LogP contribution in [-0.2, 0) is 27.7 Å². The van der Waals surface area contributed by atoms with Gasteiger partial charge in [-0.3, -0.25) is 9.78 Å². The van der Waals surface area contributed by atoms with Gasteiger partial charge in [-0.05, 0) is 80.8 Å². The number of hydrogen-bond acceptors (Lipinski definition) is 10. The second-order valence-corrected chi connectivity index (χ2v) is 12.7. The van der Waals surface area contributed by atoms with E-state index < -0.39 is 10.0 Å².